The number of amides is 1. The first-order valence-electron chi connectivity index (χ1n) is 19.5. The Morgan fingerprint density at radius 2 is 1.65 bits per heavy atom. The Hall–Kier alpha value is -2.79. The van der Waals surface area contributed by atoms with Gasteiger partial charge in [-0.05, 0) is 76.4 Å². The summed E-state index contributed by atoms with van der Waals surface area (Å²) in [5.74, 6) is 2.38. The number of para-hydroxylation sites is 1. The zero-order valence-corrected chi connectivity index (χ0v) is 30.2. The number of fused-ring (bicyclic) bond motifs is 3. The lowest BCUT2D eigenvalue weighted by Gasteiger charge is -2.32. The van der Waals surface area contributed by atoms with Crippen molar-refractivity contribution in [3.63, 3.8) is 0 Å². The first-order chi connectivity index (χ1) is 24.0. The van der Waals surface area contributed by atoms with Gasteiger partial charge in [-0.3, -0.25) is 4.79 Å². The van der Waals surface area contributed by atoms with Gasteiger partial charge in [-0.25, -0.2) is 9.97 Å². The predicted molar refractivity (Wildman–Crippen MR) is 200 cm³/mol. The number of unbranched alkanes of at least 4 members (excludes halogenated alkanes) is 1. The number of aromatic nitrogens is 3. The van der Waals surface area contributed by atoms with Gasteiger partial charge in [0, 0.05) is 50.0 Å². The summed E-state index contributed by atoms with van der Waals surface area (Å²) >= 11 is 0. The van der Waals surface area contributed by atoms with Crippen LogP contribution in [0.3, 0.4) is 0 Å². The number of hydrogen-bond acceptors (Lipinski definition) is 8. The van der Waals surface area contributed by atoms with E-state index in [0.717, 1.165) is 112 Å². The lowest BCUT2D eigenvalue weighted by atomic mass is 9.96. The monoisotopic (exact) mass is 677 g/mol. The maximum absolute atomic E-state index is 12.5. The molecule has 49 heavy (non-hydrogen) atoms. The van der Waals surface area contributed by atoms with Crippen molar-refractivity contribution in [2.45, 2.75) is 128 Å². The fraction of sp³-hybridized carbons (Fsp3) is 0.718. The van der Waals surface area contributed by atoms with Crippen LogP contribution in [0.4, 0.5) is 5.82 Å². The second kappa shape index (κ2) is 20.2. The van der Waals surface area contributed by atoms with Gasteiger partial charge in [-0.1, -0.05) is 63.6 Å². The number of carbonyl (C=O) groups excluding carboxylic acids is 1. The van der Waals surface area contributed by atoms with Gasteiger partial charge in [-0.2, -0.15) is 0 Å². The minimum Gasteiger partial charge on any atom is -0.382 e. The van der Waals surface area contributed by atoms with Crippen LogP contribution in [0.1, 0.15) is 109 Å². The molecule has 1 aliphatic heterocycles. The highest BCUT2D eigenvalue weighted by atomic mass is 16.5. The maximum Gasteiger partial charge on any atom is 0.222 e. The Bertz CT molecular complexity index is 1420. The van der Waals surface area contributed by atoms with E-state index in [1.807, 2.05) is 12.1 Å². The molecule has 1 aromatic carbocycles. The molecule has 272 valence electrons. The first-order valence-corrected chi connectivity index (χ1v) is 19.5. The molecule has 2 aliphatic rings. The second-order valence-corrected chi connectivity index (χ2v) is 14.5. The fourth-order valence-electron chi connectivity index (χ4n) is 7.63. The molecule has 0 spiro atoms. The average Bonchev–Trinajstić information content (AvgIpc) is 3.45. The number of carbonyl (C=O) groups is 1. The van der Waals surface area contributed by atoms with Crippen molar-refractivity contribution in [3.8, 4) is 0 Å². The molecule has 2 unspecified atom stereocenters. The number of ether oxygens (including phenoxy) is 2. The quantitative estimate of drug-likeness (QED) is 0.149. The molecule has 10 nitrogen and oxygen atoms in total. The predicted octanol–water partition coefficient (Wildman–Crippen LogP) is 6.37. The van der Waals surface area contributed by atoms with Crippen LogP contribution in [0.2, 0.25) is 0 Å². The van der Waals surface area contributed by atoms with Gasteiger partial charge in [0.25, 0.3) is 0 Å². The maximum atomic E-state index is 12.5. The zero-order chi connectivity index (χ0) is 34.3. The molecule has 3 aromatic rings. The number of imidazole rings is 1. The number of likely N-dealkylation sites (tertiary alicyclic amines) is 1. The molecule has 1 saturated carbocycles. The largest absolute Gasteiger partial charge is 0.382 e. The highest BCUT2D eigenvalue weighted by Crippen LogP contribution is 2.31. The van der Waals surface area contributed by atoms with Gasteiger partial charge in [0.05, 0.1) is 30.9 Å². The Morgan fingerprint density at radius 1 is 0.898 bits per heavy atom. The lowest BCUT2D eigenvalue weighted by Crippen LogP contribution is -2.36. The normalized spacial score (nSPS) is 20.4. The van der Waals surface area contributed by atoms with E-state index in [1.165, 1.54) is 44.9 Å². The summed E-state index contributed by atoms with van der Waals surface area (Å²) in [5.41, 5.74) is 15.6. The van der Waals surface area contributed by atoms with Gasteiger partial charge < -0.3 is 35.7 Å². The van der Waals surface area contributed by atoms with Gasteiger partial charge in [0.15, 0.2) is 5.82 Å². The molecule has 10 heteroatoms. The van der Waals surface area contributed by atoms with E-state index in [4.69, 9.17) is 25.9 Å². The third-order valence-electron chi connectivity index (χ3n) is 10.6. The average molecular weight is 678 g/mol. The minimum absolute atomic E-state index is 0.0870. The van der Waals surface area contributed by atoms with Crippen LogP contribution in [0.5, 0.6) is 0 Å². The van der Waals surface area contributed by atoms with Crippen LogP contribution in [0.15, 0.2) is 24.3 Å². The molecule has 3 heterocycles. The number of anilines is 1. The van der Waals surface area contributed by atoms with Crippen molar-refractivity contribution in [2.75, 3.05) is 51.8 Å². The second-order valence-electron chi connectivity index (χ2n) is 14.5. The zero-order valence-electron chi connectivity index (χ0n) is 30.2. The third kappa shape index (κ3) is 11.6. The number of nitrogens with two attached hydrogens (primary N) is 2. The molecular weight excluding hydrogens is 614 g/mol. The Labute approximate surface area is 294 Å². The van der Waals surface area contributed by atoms with E-state index >= 15 is 0 Å². The number of nitrogens with zero attached hydrogens (tertiary/aromatic N) is 4. The summed E-state index contributed by atoms with van der Waals surface area (Å²) in [6.45, 7) is 8.77. The molecule has 1 amide bonds. The minimum atomic E-state index is 0.0870. The van der Waals surface area contributed by atoms with Crippen molar-refractivity contribution in [1.82, 2.24) is 24.8 Å². The number of hydrogen-bond donors (Lipinski definition) is 3. The number of aryl methyl sites for hydroxylation is 1. The number of nitrogens with one attached hydrogen (secondary N) is 1. The van der Waals surface area contributed by atoms with Crippen LogP contribution < -0.4 is 16.8 Å². The molecule has 1 aliphatic carbocycles. The molecule has 0 bridgehead atoms. The van der Waals surface area contributed by atoms with Crippen molar-refractivity contribution in [2.24, 2.45) is 11.7 Å². The molecule has 2 fully saturated rings. The van der Waals surface area contributed by atoms with E-state index < -0.39 is 0 Å². The summed E-state index contributed by atoms with van der Waals surface area (Å²) in [6, 6.07) is 8.81. The number of pyridine rings is 1. The Balaban J connectivity index is 0.950. The van der Waals surface area contributed by atoms with Crippen LogP contribution in [-0.2, 0) is 27.2 Å². The SMILES string of the molecule is CCCCc1nc2c(N)nc3ccccc3c2n1CC1CCN(CCCOCCOCCC(=O)NC2CCCCCCCC(N)CC2)CC1. The summed E-state index contributed by atoms with van der Waals surface area (Å²) < 4.78 is 14.0. The van der Waals surface area contributed by atoms with Gasteiger partial charge in [0.2, 0.25) is 5.91 Å². The van der Waals surface area contributed by atoms with Crippen molar-refractivity contribution in [3.05, 3.63) is 30.1 Å². The highest BCUT2D eigenvalue weighted by molar-refractivity contribution is 6.06. The van der Waals surface area contributed by atoms with E-state index in [1.54, 1.807) is 0 Å². The smallest absolute Gasteiger partial charge is 0.222 e. The summed E-state index contributed by atoms with van der Waals surface area (Å²) in [6.07, 6.45) is 17.4. The molecule has 5 N–H and O–H groups in total. The van der Waals surface area contributed by atoms with Crippen molar-refractivity contribution < 1.29 is 14.3 Å². The van der Waals surface area contributed by atoms with Crippen molar-refractivity contribution in [1.29, 1.82) is 0 Å². The van der Waals surface area contributed by atoms with Crippen LogP contribution in [0, 0.1) is 5.92 Å². The van der Waals surface area contributed by atoms with Gasteiger partial charge in [-0.15, -0.1) is 0 Å². The van der Waals surface area contributed by atoms with E-state index in [9.17, 15) is 4.79 Å². The molecular formula is C39H63N7O3. The van der Waals surface area contributed by atoms with E-state index in [2.05, 4.69) is 38.8 Å². The first kappa shape index (κ1) is 37.5. The number of piperidine rings is 1. The van der Waals surface area contributed by atoms with Crippen LogP contribution in [0.25, 0.3) is 21.9 Å². The van der Waals surface area contributed by atoms with Crippen LogP contribution in [-0.4, -0.2) is 83.5 Å². The molecule has 0 radical (unpaired) electrons. The Morgan fingerprint density at radius 3 is 2.47 bits per heavy atom. The number of nitrogen functional groups attached to an aromatic ring is 1. The lowest BCUT2D eigenvalue weighted by molar-refractivity contribution is -0.123. The summed E-state index contributed by atoms with van der Waals surface area (Å²) in [5, 5.41) is 4.38. The third-order valence-corrected chi connectivity index (χ3v) is 10.6. The fourth-order valence-corrected chi connectivity index (χ4v) is 7.63. The molecule has 2 aromatic heterocycles. The van der Waals surface area contributed by atoms with Crippen molar-refractivity contribution >= 4 is 33.7 Å². The standard InChI is InChI=1S/C39H63N7O3/c1-2-3-16-35-44-37-38(33-14-9-10-15-34(33)43-39(37)41)46(35)29-30-19-23-45(24-20-30)22-11-25-48-27-28-49-26-21-36(47)42-32-13-8-6-4-5-7-12-31(40)17-18-32/h9-10,14-15,30-32H,2-8,11-13,16-29,40H2,1H3,(H2,41,43)(H,42,47). The number of rotatable bonds is 16. The Kier molecular flexibility index (Phi) is 15.4. The molecule has 5 rings (SSSR count). The van der Waals surface area contributed by atoms with E-state index in [-0.39, 0.29) is 18.0 Å². The van der Waals surface area contributed by atoms with E-state index in [0.29, 0.717) is 38.0 Å². The molecule has 1 saturated heterocycles. The summed E-state index contributed by atoms with van der Waals surface area (Å²) in [7, 11) is 0. The highest BCUT2D eigenvalue weighted by Gasteiger charge is 2.23. The molecule has 2 atom stereocenters. The number of benzene rings is 1. The van der Waals surface area contributed by atoms with Gasteiger partial charge >= 0.3 is 0 Å². The van der Waals surface area contributed by atoms with Gasteiger partial charge in [0.1, 0.15) is 11.3 Å². The topological polar surface area (TPSA) is 134 Å². The summed E-state index contributed by atoms with van der Waals surface area (Å²) in [4.78, 5) is 24.8. The van der Waals surface area contributed by atoms with Crippen LogP contribution >= 0.6 is 0 Å².